The number of hydrogen-bond acceptors (Lipinski definition) is 4. The molecule has 6 heteroatoms. The van der Waals surface area contributed by atoms with Crippen LogP contribution in [-0.4, -0.2) is 45.6 Å². The van der Waals surface area contributed by atoms with Crippen LogP contribution in [-0.2, 0) is 6.42 Å². The van der Waals surface area contributed by atoms with E-state index in [0.717, 1.165) is 54.7 Å². The Hall–Kier alpha value is -3.93. The summed E-state index contributed by atoms with van der Waals surface area (Å²) < 4.78 is 7.02. The molecule has 1 aliphatic heterocycles. The predicted molar refractivity (Wildman–Crippen MR) is 133 cm³/mol. The maximum Gasteiger partial charge on any atom is 0.346 e. The third-order valence-electron chi connectivity index (χ3n) is 6.46. The average molecular weight is 453 g/mol. The van der Waals surface area contributed by atoms with Crippen molar-refractivity contribution in [3.05, 3.63) is 90.6 Å². The van der Waals surface area contributed by atoms with E-state index in [9.17, 15) is 4.79 Å². The third kappa shape index (κ3) is 4.57. The molecule has 1 fully saturated rings. The van der Waals surface area contributed by atoms with Crippen LogP contribution in [0.5, 0.6) is 5.75 Å². The molecule has 0 radical (unpaired) electrons. The molecule has 1 atom stereocenters. The third-order valence-corrected chi connectivity index (χ3v) is 6.46. The number of piperidine rings is 1. The van der Waals surface area contributed by atoms with Crippen molar-refractivity contribution < 1.29 is 9.53 Å². The molecule has 1 unspecified atom stereocenters. The van der Waals surface area contributed by atoms with E-state index in [1.807, 2.05) is 59.5 Å². The summed E-state index contributed by atoms with van der Waals surface area (Å²) in [6, 6.07) is 26.5. The van der Waals surface area contributed by atoms with Crippen LogP contribution in [0.25, 0.3) is 22.4 Å². The van der Waals surface area contributed by atoms with Crippen LogP contribution < -0.4 is 4.74 Å². The van der Waals surface area contributed by atoms with Gasteiger partial charge in [-0.25, -0.2) is 4.79 Å². The summed E-state index contributed by atoms with van der Waals surface area (Å²) in [5, 5.41) is 8.48. The number of benzene rings is 3. The van der Waals surface area contributed by atoms with E-state index >= 15 is 0 Å². The topological polar surface area (TPSA) is 60.2 Å². The lowest BCUT2D eigenvalue weighted by Crippen LogP contribution is -2.46. The van der Waals surface area contributed by atoms with Crippen LogP contribution in [0, 0.1) is 0 Å². The van der Waals surface area contributed by atoms with Gasteiger partial charge >= 0.3 is 6.03 Å². The molecule has 4 aromatic rings. The summed E-state index contributed by atoms with van der Waals surface area (Å²) in [5.41, 5.74) is 4.83. The Balaban J connectivity index is 1.37. The number of amides is 1. The monoisotopic (exact) mass is 452 g/mol. The van der Waals surface area contributed by atoms with Crippen molar-refractivity contribution in [2.24, 2.45) is 0 Å². The zero-order valence-corrected chi connectivity index (χ0v) is 19.3. The van der Waals surface area contributed by atoms with Crippen molar-refractivity contribution in [3.8, 4) is 28.1 Å². The van der Waals surface area contributed by atoms with Crippen molar-refractivity contribution in [2.45, 2.75) is 31.7 Å². The van der Waals surface area contributed by atoms with Crippen molar-refractivity contribution >= 4 is 6.03 Å². The van der Waals surface area contributed by atoms with Crippen LogP contribution in [0.2, 0.25) is 0 Å². The quantitative estimate of drug-likeness (QED) is 0.391. The van der Waals surface area contributed by atoms with Crippen molar-refractivity contribution in [1.29, 1.82) is 0 Å². The van der Waals surface area contributed by atoms with Gasteiger partial charge in [0.1, 0.15) is 11.4 Å². The molecule has 0 bridgehead atoms. The molecule has 5 rings (SSSR count). The Labute approximate surface area is 199 Å². The Morgan fingerprint density at radius 3 is 2.50 bits per heavy atom. The second-order valence-electron chi connectivity index (χ2n) is 8.64. The standard InChI is InChI=1S/C28H28N4O2/c1-34-27-19-23(15-16-25(27)22-12-6-3-7-13-22)26-20-32(30-29-26)28(33)31-17-9-8-14-24(31)18-21-10-4-2-5-11-21/h2-7,10-13,15-16,19-20,24H,8-9,14,17-18H2,1H3. The fourth-order valence-corrected chi connectivity index (χ4v) is 4.68. The van der Waals surface area contributed by atoms with Crippen molar-refractivity contribution in [1.82, 2.24) is 19.9 Å². The lowest BCUT2D eigenvalue weighted by atomic mass is 9.96. The van der Waals surface area contributed by atoms with E-state index in [2.05, 4.69) is 34.6 Å². The zero-order valence-electron chi connectivity index (χ0n) is 19.3. The summed E-state index contributed by atoms with van der Waals surface area (Å²) in [7, 11) is 1.66. The minimum Gasteiger partial charge on any atom is -0.496 e. The first kappa shape index (κ1) is 21.9. The zero-order chi connectivity index (χ0) is 23.3. The van der Waals surface area contributed by atoms with Crippen LogP contribution in [0.4, 0.5) is 4.79 Å². The first-order valence-corrected chi connectivity index (χ1v) is 11.7. The summed E-state index contributed by atoms with van der Waals surface area (Å²) in [4.78, 5) is 15.3. The van der Waals surface area contributed by atoms with E-state index in [1.54, 1.807) is 13.3 Å². The molecule has 6 nitrogen and oxygen atoms in total. The average Bonchev–Trinajstić information content (AvgIpc) is 3.40. The van der Waals surface area contributed by atoms with Crippen LogP contribution in [0.15, 0.2) is 85.1 Å². The molecular weight excluding hydrogens is 424 g/mol. The number of nitrogens with zero attached hydrogens (tertiary/aromatic N) is 4. The molecule has 0 spiro atoms. The first-order chi connectivity index (χ1) is 16.7. The van der Waals surface area contributed by atoms with E-state index in [1.165, 1.54) is 10.2 Å². The van der Waals surface area contributed by atoms with Crippen LogP contribution in [0.1, 0.15) is 24.8 Å². The summed E-state index contributed by atoms with van der Waals surface area (Å²) in [6.07, 6.45) is 5.72. The second kappa shape index (κ2) is 9.91. The Kier molecular flexibility index (Phi) is 6.38. The molecule has 1 aromatic heterocycles. The van der Waals surface area contributed by atoms with Gasteiger partial charge in [-0.1, -0.05) is 71.9 Å². The summed E-state index contributed by atoms with van der Waals surface area (Å²) in [6.45, 7) is 0.741. The molecular formula is C28H28N4O2. The highest BCUT2D eigenvalue weighted by Gasteiger charge is 2.28. The fraction of sp³-hybridized carbons (Fsp3) is 0.250. The van der Waals surface area contributed by atoms with E-state index in [0.29, 0.717) is 5.69 Å². The SMILES string of the molecule is COc1cc(-c2cn(C(=O)N3CCCCC3Cc3ccccc3)nn2)ccc1-c1ccccc1. The number of carbonyl (C=O) groups excluding carboxylic acids is 1. The van der Waals surface area contributed by atoms with E-state index in [4.69, 9.17) is 4.74 Å². The molecule has 3 aromatic carbocycles. The maximum atomic E-state index is 13.4. The fourth-order valence-electron chi connectivity index (χ4n) is 4.68. The van der Waals surface area contributed by atoms with Gasteiger partial charge in [-0.05, 0) is 48.9 Å². The van der Waals surface area contributed by atoms with Gasteiger partial charge in [-0.3, -0.25) is 0 Å². The van der Waals surface area contributed by atoms with Crippen LogP contribution >= 0.6 is 0 Å². The lowest BCUT2D eigenvalue weighted by Gasteiger charge is -2.35. The molecule has 1 aliphatic rings. The number of hydrogen-bond donors (Lipinski definition) is 0. The minimum atomic E-state index is -0.118. The first-order valence-electron chi connectivity index (χ1n) is 11.7. The lowest BCUT2D eigenvalue weighted by molar-refractivity contribution is 0.149. The Morgan fingerprint density at radius 1 is 0.971 bits per heavy atom. The van der Waals surface area contributed by atoms with Gasteiger partial charge in [-0.15, -0.1) is 5.10 Å². The molecule has 1 amide bonds. The number of aromatic nitrogens is 3. The second-order valence-corrected chi connectivity index (χ2v) is 8.64. The molecule has 0 aliphatic carbocycles. The van der Waals surface area contributed by atoms with Gasteiger partial charge < -0.3 is 9.64 Å². The number of ether oxygens (including phenoxy) is 1. The Morgan fingerprint density at radius 2 is 1.74 bits per heavy atom. The normalized spacial score (nSPS) is 15.8. The van der Waals surface area contributed by atoms with Crippen molar-refractivity contribution in [3.63, 3.8) is 0 Å². The molecule has 1 saturated heterocycles. The smallest absolute Gasteiger partial charge is 0.346 e. The number of rotatable bonds is 5. The van der Waals surface area contributed by atoms with Gasteiger partial charge in [0.25, 0.3) is 0 Å². The molecule has 2 heterocycles. The largest absolute Gasteiger partial charge is 0.496 e. The highest BCUT2D eigenvalue weighted by molar-refractivity contribution is 5.79. The number of methoxy groups -OCH3 is 1. The van der Waals surface area contributed by atoms with Crippen molar-refractivity contribution in [2.75, 3.05) is 13.7 Å². The summed E-state index contributed by atoms with van der Waals surface area (Å²) in [5.74, 6) is 0.753. The van der Waals surface area contributed by atoms with Crippen LogP contribution in [0.3, 0.4) is 0 Å². The van der Waals surface area contributed by atoms with E-state index < -0.39 is 0 Å². The number of carbonyl (C=O) groups is 1. The highest BCUT2D eigenvalue weighted by atomic mass is 16.5. The van der Waals surface area contributed by atoms with Gasteiger partial charge in [0.15, 0.2) is 0 Å². The molecule has 172 valence electrons. The van der Waals surface area contributed by atoms with Gasteiger partial charge in [-0.2, -0.15) is 4.68 Å². The molecule has 0 N–H and O–H groups in total. The van der Waals surface area contributed by atoms with Gasteiger partial charge in [0.2, 0.25) is 0 Å². The van der Waals surface area contributed by atoms with Gasteiger partial charge in [0, 0.05) is 23.7 Å². The number of likely N-dealkylation sites (tertiary alicyclic amines) is 1. The summed E-state index contributed by atoms with van der Waals surface area (Å²) >= 11 is 0. The maximum absolute atomic E-state index is 13.4. The molecule has 0 saturated carbocycles. The highest BCUT2D eigenvalue weighted by Crippen LogP contribution is 2.33. The Bertz CT molecular complexity index is 1250. The minimum absolute atomic E-state index is 0.118. The predicted octanol–water partition coefficient (Wildman–Crippen LogP) is 5.69. The van der Waals surface area contributed by atoms with Gasteiger partial charge in [0.05, 0.1) is 13.3 Å². The molecule has 34 heavy (non-hydrogen) atoms. The van der Waals surface area contributed by atoms with E-state index in [-0.39, 0.29) is 12.1 Å².